The van der Waals surface area contributed by atoms with Crippen molar-refractivity contribution in [3.63, 3.8) is 0 Å². The molecule has 0 unspecified atom stereocenters. The second-order valence-electron chi connectivity index (χ2n) is 13.9. The molecule has 2 aliphatic carbocycles. The molecule has 0 aliphatic heterocycles. The van der Waals surface area contributed by atoms with Gasteiger partial charge in [-0.25, -0.2) is 0 Å². The molecule has 0 bridgehead atoms. The number of ketones is 2. The quantitative estimate of drug-likeness (QED) is 0.111. The van der Waals surface area contributed by atoms with Crippen LogP contribution in [0.4, 0.5) is 17.1 Å². The van der Waals surface area contributed by atoms with E-state index in [-0.39, 0.29) is 29.3 Å². The van der Waals surface area contributed by atoms with E-state index in [0.29, 0.717) is 19.4 Å². The Bertz CT molecular complexity index is 2180. The average Bonchev–Trinajstić information content (AvgIpc) is 3.23. The summed E-state index contributed by atoms with van der Waals surface area (Å²) in [5.41, 5.74) is 17.9. The van der Waals surface area contributed by atoms with E-state index in [1.807, 2.05) is 48.5 Å². The van der Waals surface area contributed by atoms with Crippen molar-refractivity contribution in [1.29, 1.82) is 0 Å². The number of nitrogens with one attached hydrogen (secondary N) is 4. The third-order valence-electron chi connectivity index (χ3n) is 9.33. The zero-order valence-electron chi connectivity index (χ0n) is 31.5. The van der Waals surface area contributed by atoms with Gasteiger partial charge in [-0.15, -0.1) is 0 Å². The molecular formula is C44H49N5O5. The Kier molecular flexibility index (Phi) is 13.3. The summed E-state index contributed by atoms with van der Waals surface area (Å²) in [4.78, 5) is 59.7. The molecule has 0 radical (unpaired) electrons. The van der Waals surface area contributed by atoms with Gasteiger partial charge < -0.3 is 26.7 Å². The summed E-state index contributed by atoms with van der Waals surface area (Å²) in [7, 11) is 0. The molecule has 54 heavy (non-hydrogen) atoms. The van der Waals surface area contributed by atoms with Gasteiger partial charge in [0.1, 0.15) is 5.78 Å². The van der Waals surface area contributed by atoms with Gasteiger partial charge in [-0.2, -0.15) is 0 Å². The fourth-order valence-electron chi connectivity index (χ4n) is 6.98. The maximum Gasteiger partial charge on any atom is 0.221 e. The lowest BCUT2D eigenvalue weighted by molar-refractivity contribution is -0.116. The van der Waals surface area contributed by atoms with E-state index in [2.05, 4.69) is 45.2 Å². The summed E-state index contributed by atoms with van der Waals surface area (Å²) in [5, 5.41) is 9.51. The molecule has 0 spiro atoms. The van der Waals surface area contributed by atoms with E-state index in [4.69, 9.17) is 5.73 Å². The number of carbonyl (C=O) groups excluding carboxylic acids is 5. The van der Waals surface area contributed by atoms with Crippen LogP contribution >= 0.6 is 0 Å². The topological polar surface area (TPSA) is 163 Å². The molecule has 5 aromatic rings. The first-order valence-electron chi connectivity index (χ1n) is 18.4. The lowest BCUT2D eigenvalue weighted by Gasteiger charge is -2.09. The van der Waals surface area contributed by atoms with Crippen LogP contribution in [0.1, 0.15) is 91.6 Å². The number of aromatic amines is 1. The van der Waals surface area contributed by atoms with Gasteiger partial charge >= 0.3 is 0 Å². The number of fused-ring (bicyclic) bond motifs is 6. The predicted octanol–water partition coefficient (Wildman–Crippen LogP) is 8.07. The first-order valence-corrected chi connectivity index (χ1v) is 18.4. The molecule has 4 aromatic carbocycles. The number of amides is 3. The first kappa shape index (κ1) is 39.3. The van der Waals surface area contributed by atoms with Crippen molar-refractivity contribution in [3.8, 4) is 11.3 Å². The SMILES string of the molecule is CC(=O)Cc1ccc2[nH]c3c(c2c1)CCCc1cc(NC(C)=O)ccc1-3.CC(=O)Nc1ccc(CN)cc1.CC(=O)Nc1ccc2c(c1)CCCCC2=O. The molecule has 2 aliphatic rings. The molecule has 0 saturated heterocycles. The molecule has 3 amide bonds. The highest BCUT2D eigenvalue weighted by molar-refractivity contribution is 5.99. The van der Waals surface area contributed by atoms with Crippen molar-refractivity contribution in [2.24, 2.45) is 5.73 Å². The van der Waals surface area contributed by atoms with Gasteiger partial charge in [0.25, 0.3) is 0 Å². The number of hydrogen-bond donors (Lipinski definition) is 5. The Hall–Kier alpha value is -5.87. The molecule has 280 valence electrons. The summed E-state index contributed by atoms with van der Waals surface area (Å²) in [5.74, 6) is 0.210. The molecule has 10 heteroatoms. The van der Waals surface area contributed by atoms with Crippen LogP contribution in [0.3, 0.4) is 0 Å². The van der Waals surface area contributed by atoms with Gasteiger partial charge in [0.2, 0.25) is 17.7 Å². The first-order chi connectivity index (χ1) is 25.9. The maximum atomic E-state index is 11.8. The van der Waals surface area contributed by atoms with Gasteiger partial charge in [0.05, 0.1) is 0 Å². The van der Waals surface area contributed by atoms with Crippen molar-refractivity contribution < 1.29 is 24.0 Å². The minimum Gasteiger partial charge on any atom is -0.354 e. The second kappa shape index (κ2) is 18.3. The highest BCUT2D eigenvalue weighted by atomic mass is 16.2. The highest BCUT2D eigenvalue weighted by Gasteiger charge is 2.20. The number of benzene rings is 4. The standard InChI is InChI=1S/C22H22N2O2.C13H15NO2.C9H12N2O/c1-13(25)10-15-6-9-21-20(11-15)19-5-3-4-16-12-17(23-14(2)26)7-8-18(16)22(19)24-21;1-9(15)14-11-6-7-12-10(8-11)4-2-3-5-13(12)16;1-7(12)11-9-4-2-8(6-10)3-5-9/h6-9,11-12,24H,3-5,10H2,1-2H3,(H,23,26);6-8H,2-5H2,1H3,(H,14,15);2-5H,6,10H2,1H3,(H,11,12). The third kappa shape index (κ3) is 10.6. The minimum atomic E-state index is -0.0834. The lowest BCUT2D eigenvalue weighted by atomic mass is 10.00. The van der Waals surface area contributed by atoms with Crippen LogP contribution in [-0.2, 0) is 51.4 Å². The number of hydrogen-bond acceptors (Lipinski definition) is 6. The van der Waals surface area contributed by atoms with E-state index in [0.717, 1.165) is 83.4 Å². The molecule has 6 N–H and O–H groups in total. The van der Waals surface area contributed by atoms with E-state index in [1.54, 1.807) is 13.0 Å². The van der Waals surface area contributed by atoms with Crippen molar-refractivity contribution in [2.75, 3.05) is 16.0 Å². The van der Waals surface area contributed by atoms with Crippen LogP contribution in [0.25, 0.3) is 22.2 Å². The van der Waals surface area contributed by atoms with Crippen LogP contribution in [0, 0.1) is 0 Å². The molecule has 0 fully saturated rings. The number of nitrogens with two attached hydrogens (primary N) is 1. The normalized spacial score (nSPS) is 12.9. The minimum absolute atomic E-state index is 0.0529. The van der Waals surface area contributed by atoms with Crippen molar-refractivity contribution in [2.45, 2.75) is 85.6 Å². The number of anilines is 3. The Morgan fingerprint density at radius 3 is 1.76 bits per heavy atom. The van der Waals surface area contributed by atoms with E-state index >= 15 is 0 Å². The Balaban J connectivity index is 0.000000171. The smallest absolute Gasteiger partial charge is 0.221 e. The maximum absolute atomic E-state index is 11.8. The average molecular weight is 728 g/mol. The summed E-state index contributed by atoms with van der Waals surface area (Å²) in [6.07, 6.45) is 7.11. The molecule has 10 nitrogen and oxygen atoms in total. The van der Waals surface area contributed by atoms with E-state index in [1.165, 1.54) is 48.5 Å². The molecule has 1 heterocycles. The van der Waals surface area contributed by atoms with Crippen LogP contribution in [0.2, 0.25) is 0 Å². The Labute approximate surface area is 316 Å². The fourth-order valence-corrected chi connectivity index (χ4v) is 6.98. The zero-order chi connectivity index (χ0) is 38.8. The molecule has 1 aromatic heterocycles. The summed E-state index contributed by atoms with van der Waals surface area (Å²) in [6.45, 7) is 6.65. The van der Waals surface area contributed by atoms with Crippen LogP contribution in [0.15, 0.2) is 78.9 Å². The number of aromatic nitrogens is 1. The largest absolute Gasteiger partial charge is 0.354 e. The monoisotopic (exact) mass is 727 g/mol. The fraction of sp³-hybridized carbons (Fsp3) is 0.295. The summed E-state index contributed by atoms with van der Waals surface area (Å²) in [6, 6.07) is 25.4. The van der Waals surface area contributed by atoms with E-state index in [9.17, 15) is 24.0 Å². The molecule has 0 atom stereocenters. The molecule has 0 saturated carbocycles. The summed E-state index contributed by atoms with van der Waals surface area (Å²) >= 11 is 0. The summed E-state index contributed by atoms with van der Waals surface area (Å²) < 4.78 is 0. The Morgan fingerprint density at radius 1 is 0.611 bits per heavy atom. The molecule has 7 rings (SSSR count). The van der Waals surface area contributed by atoms with Crippen molar-refractivity contribution in [1.82, 2.24) is 4.98 Å². The van der Waals surface area contributed by atoms with Gasteiger partial charge in [0.15, 0.2) is 5.78 Å². The van der Waals surface area contributed by atoms with Gasteiger partial charge in [-0.05, 0) is 128 Å². The van der Waals surface area contributed by atoms with Gasteiger partial charge in [0, 0.05) is 84.9 Å². The number of rotatable bonds is 6. The predicted molar refractivity (Wildman–Crippen MR) is 216 cm³/mol. The highest BCUT2D eigenvalue weighted by Crippen LogP contribution is 2.38. The van der Waals surface area contributed by atoms with Gasteiger partial charge in [-0.1, -0.05) is 24.3 Å². The zero-order valence-corrected chi connectivity index (χ0v) is 31.5. The van der Waals surface area contributed by atoms with E-state index < -0.39 is 0 Å². The van der Waals surface area contributed by atoms with Crippen LogP contribution < -0.4 is 21.7 Å². The number of carbonyl (C=O) groups is 5. The lowest BCUT2D eigenvalue weighted by Crippen LogP contribution is -2.07. The molecular weight excluding hydrogens is 679 g/mol. The number of aryl methyl sites for hydroxylation is 3. The van der Waals surface area contributed by atoms with Crippen molar-refractivity contribution >= 4 is 57.3 Å². The van der Waals surface area contributed by atoms with Crippen molar-refractivity contribution in [3.05, 3.63) is 112 Å². The van der Waals surface area contributed by atoms with Crippen LogP contribution in [-0.4, -0.2) is 34.3 Å². The van der Waals surface area contributed by atoms with Crippen LogP contribution in [0.5, 0.6) is 0 Å². The third-order valence-corrected chi connectivity index (χ3v) is 9.33. The number of Topliss-reactive ketones (excluding diaryl/α,β-unsaturated/α-hetero) is 2. The second-order valence-corrected chi connectivity index (χ2v) is 13.9. The van der Waals surface area contributed by atoms with Gasteiger partial charge in [-0.3, -0.25) is 24.0 Å². The number of H-pyrrole nitrogens is 1. The Morgan fingerprint density at radius 2 is 1.15 bits per heavy atom.